The van der Waals surface area contributed by atoms with Gasteiger partial charge in [-0.15, -0.1) is 0 Å². The molecule has 4 amide bonds. The van der Waals surface area contributed by atoms with Crippen LogP contribution in [0.5, 0.6) is 0 Å². The van der Waals surface area contributed by atoms with E-state index in [2.05, 4.69) is 24.5 Å². The van der Waals surface area contributed by atoms with E-state index in [1.165, 1.54) is 4.90 Å². The maximum Gasteiger partial charge on any atom is 0.320 e. The summed E-state index contributed by atoms with van der Waals surface area (Å²) in [6.45, 7) is 4.50. The lowest BCUT2D eigenvalue weighted by Crippen LogP contribution is -2.55. The van der Waals surface area contributed by atoms with Crippen molar-refractivity contribution in [2.45, 2.75) is 26.3 Å². The molecule has 7 nitrogen and oxygen atoms in total. The molecule has 180 valence electrons. The van der Waals surface area contributed by atoms with Crippen molar-refractivity contribution in [3.05, 3.63) is 83.9 Å². The molecule has 0 radical (unpaired) electrons. The number of halogens is 1. The van der Waals surface area contributed by atoms with E-state index in [4.69, 9.17) is 11.6 Å². The van der Waals surface area contributed by atoms with Gasteiger partial charge in [0.2, 0.25) is 0 Å². The van der Waals surface area contributed by atoms with Gasteiger partial charge in [0.15, 0.2) is 6.04 Å². The highest BCUT2D eigenvalue weighted by molar-refractivity contribution is 6.32. The molecule has 3 aromatic rings. The summed E-state index contributed by atoms with van der Waals surface area (Å²) in [7, 11) is 0. The van der Waals surface area contributed by atoms with Crippen LogP contribution in [-0.4, -0.2) is 30.4 Å². The number of hydrogen-bond donors (Lipinski definition) is 2. The molecule has 1 aliphatic rings. The summed E-state index contributed by atoms with van der Waals surface area (Å²) in [6.07, 6.45) is 0.708. The van der Waals surface area contributed by atoms with Gasteiger partial charge >= 0.3 is 6.03 Å². The molecule has 0 aromatic heterocycles. The van der Waals surface area contributed by atoms with Gasteiger partial charge in [0.1, 0.15) is 0 Å². The number of nitrogens with zero attached hydrogens (tertiary/aromatic N) is 2. The van der Waals surface area contributed by atoms with Crippen LogP contribution in [0.15, 0.2) is 78.9 Å². The van der Waals surface area contributed by atoms with Crippen molar-refractivity contribution in [1.29, 1.82) is 0 Å². The lowest BCUT2D eigenvalue weighted by molar-refractivity contribution is -0.128. The molecular formula is C27H27ClN4O3. The Kier molecular flexibility index (Phi) is 7.36. The van der Waals surface area contributed by atoms with E-state index < -0.39 is 23.9 Å². The molecule has 0 bridgehead atoms. The summed E-state index contributed by atoms with van der Waals surface area (Å²) < 4.78 is 0. The second kappa shape index (κ2) is 10.6. The number of benzene rings is 3. The van der Waals surface area contributed by atoms with Gasteiger partial charge in [-0.2, -0.15) is 0 Å². The van der Waals surface area contributed by atoms with E-state index >= 15 is 0 Å². The minimum Gasteiger partial charge on any atom is -0.318 e. The van der Waals surface area contributed by atoms with E-state index in [-0.39, 0.29) is 0 Å². The minimum atomic E-state index is -1.43. The summed E-state index contributed by atoms with van der Waals surface area (Å²) in [5.74, 6) is -0.747. The fourth-order valence-corrected chi connectivity index (χ4v) is 4.10. The Morgan fingerprint density at radius 3 is 2.23 bits per heavy atom. The third-order valence-electron chi connectivity index (χ3n) is 5.70. The highest BCUT2D eigenvalue weighted by atomic mass is 35.5. The molecule has 0 saturated carbocycles. The Labute approximate surface area is 209 Å². The molecular weight excluding hydrogens is 464 g/mol. The predicted octanol–water partition coefficient (Wildman–Crippen LogP) is 5.59. The van der Waals surface area contributed by atoms with Crippen LogP contribution in [-0.2, 0) is 9.59 Å². The SMILES string of the molecule is CC(C)CCN1C(=O)C(NC(=O)Nc2ccccc2)C(=O)N(c2ccccc2)c2ccc(Cl)cc21. The van der Waals surface area contributed by atoms with Gasteiger partial charge in [-0.05, 0) is 54.8 Å². The van der Waals surface area contributed by atoms with Gasteiger partial charge in [0.25, 0.3) is 11.8 Å². The molecule has 0 aliphatic carbocycles. The normalized spacial score (nSPS) is 15.6. The fraction of sp³-hybridized carbons (Fsp3) is 0.222. The maximum atomic E-state index is 13.9. The Hall–Kier alpha value is -3.84. The molecule has 0 spiro atoms. The topological polar surface area (TPSA) is 81.8 Å². The Morgan fingerprint density at radius 2 is 1.57 bits per heavy atom. The first-order chi connectivity index (χ1) is 16.8. The Bertz CT molecular complexity index is 1220. The average molecular weight is 491 g/mol. The smallest absolute Gasteiger partial charge is 0.318 e. The van der Waals surface area contributed by atoms with Crippen LogP contribution in [0.3, 0.4) is 0 Å². The molecule has 4 rings (SSSR count). The van der Waals surface area contributed by atoms with E-state index in [0.717, 1.165) is 0 Å². The van der Waals surface area contributed by atoms with E-state index in [0.29, 0.717) is 46.7 Å². The Morgan fingerprint density at radius 1 is 0.914 bits per heavy atom. The molecule has 0 fully saturated rings. The largest absolute Gasteiger partial charge is 0.320 e. The number of hydrogen-bond acceptors (Lipinski definition) is 3. The number of nitrogens with one attached hydrogen (secondary N) is 2. The van der Waals surface area contributed by atoms with Crippen LogP contribution >= 0.6 is 11.6 Å². The van der Waals surface area contributed by atoms with Gasteiger partial charge in [0.05, 0.1) is 11.4 Å². The number of anilines is 4. The third-order valence-corrected chi connectivity index (χ3v) is 5.94. The van der Waals surface area contributed by atoms with Crippen molar-refractivity contribution in [3.8, 4) is 0 Å². The van der Waals surface area contributed by atoms with Gasteiger partial charge in [-0.25, -0.2) is 4.79 Å². The first-order valence-electron chi connectivity index (χ1n) is 11.5. The maximum absolute atomic E-state index is 13.9. The highest BCUT2D eigenvalue weighted by Crippen LogP contribution is 2.39. The standard InChI is InChI=1S/C27H27ClN4O3/c1-18(2)15-16-31-23-17-19(28)13-14-22(23)32(21-11-7-4-8-12-21)26(34)24(25(31)33)30-27(35)29-20-9-5-3-6-10-20/h3-14,17-18,24H,15-16H2,1-2H3,(H2,29,30,35). The van der Waals surface area contributed by atoms with Crippen LogP contribution in [0.4, 0.5) is 27.5 Å². The fourth-order valence-electron chi connectivity index (χ4n) is 3.93. The van der Waals surface area contributed by atoms with E-state index in [9.17, 15) is 14.4 Å². The van der Waals surface area contributed by atoms with Gasteiger partial charge in [-0.1, -0.05) is 61.8 Å². The number of rotatable bonds is 6. The third kappa shape index (κ3) is 5.46. The van der Waals surface area contributed by atoms with E-state index in [1.807, 2.05) is 24.3 Å². The van der Waals surface area contributed by atoms with Crippen molar-refractivity contribution in [2.24, 2.45) is 5.92 Å². The van der Waals surface area contributed by atoms with Gasteiger partial charge < -0.3 is 15.5 Å². The number of carbonyl (C=O) groups is 3. The molecule has 2 N–H and O–H groups in total. The highest BCUT2D eigenvalue weighted by Gasteiger charge is 2.42. The summed E-state index contributed by atoms with van der Waals surface area (Å²) >= 11 is 6.33. The van der Waals surface area contributed by atoms with Crippen molar-refractivity contribution in [1.82, 2.24) is 5.32 Å². The molecule has 1 aliphatic heterocycles. The number of para-hydroxylation sites is 2. The molecule has 3 aromatic carbocycles. The molecule has 35 heavy (non-hydrogen) atoms. The van der Waals surface area contributed by atoms with Crippen LogP contribution in [0.25, 0.3) is 0 Å². The van der Waals surface area contributed by atoms with Crippen molar-refractivity contribution in [2.75, 3.05) is 21.7 Å². The minimum absolute atomic E-state index is 0.322. The zero-order valence-corrected chi connectivity index (χ0v) is 20.3. The van der Waals surface area contributed by atoms with Gasteiger partial charge in [-0.3, -0.25) is 14.5 Å². The summed E-state index contributed by atoms with van der Waals surface area (Å²) in [5.41, 5.74) is 2.17. The average Bonchev–Trinajstić information content (AvgIpc) is 2.92. The quantitative estimate of drug-likeness (QED) is 0.442. The zero-order chi connectivity index (χ0) is 24.9. The molecule has 0 saturated heterocycles. The number of fused-ring (bicyclic) bond motifs is 1. The second-order valence-corrected chi connectivity index (χ2v) is 9.15. The molecule has 1 atom stereocenters. The second-order valence-electron chi connectivity index (χ2n) is 8.71. The van der Waals surface area contributed by atoms with Crippen molar-refractivity contribution >= 4 is 52.2 Å². The summed E-state index contributed by atoms with van der Waals surface area (Å²) in [4.78, 5) is 43.5. The van der Waals surface area contributed by atoms with Crippen LogP contribution in [0.2, 0.25) is 5.02 Å². The number of amides is 4. The van der Waals surface area contributed by atoms with Crippen molar-refractivity contribution in [3.63, 3.8) is 0 Å². The lowest BCUT2D eigenvalue weighted by atomic mass is 10.1. The molecule has 1 unspecified atom stereocenters. The monoisotopic (exact) mass is 490 g/mol. The first-order valence-corrected chi connectivity index (χ1v) is 11.9. The predicted molar refractivity (Wildman–Crippen MR) is 139 cm³/mol. The summed E-state index contributed by atoms with van der Waals surface area (Å²) in [5, 5.41) is 5.74. The van der Waals surface area contributed by atoms with Crippen LogP contribution in [0.1, 0.15) is 20.3 Å². The molecule has 1 heterocycles. The number of carbonyl (C=O) groups excluding carboxylic acids is 3. The Balaban J connectivity index is 1.77. The zero-order valence-electron chi connectivity index (χ0n) is 19.6. The molecule has 8 heteroatoms. The summed E-state index contributed by atoms with van der Waals surface area (Å²) in [6, 6.07) is 20.9. The van der Waals surface area contributed by atoms with Crippen LogP contribution in [0, 0.1) is 5.92 Å². The van der Waals surface area contributed by atoms with Crippen LogP contribution < -0.4 is 20.4 Å². The lowest BCUT2D eigenvalue weighted by Gasteiger charge is -2.26. The van der Waals surface area contributed by atoms with Gasteiger partial charge in [0, 0.05) is 22.9 Å². The first kappa shape index (κ1) is 24.3. The van der Waals surface area contributed by atoms with Crippen molar-refractivity contribution < 1.29 is 14.4 Å². The van der Waals surface area contributed by atoms with E-state index in [1.54, 1.807) is 59.5 Å². The number of urea groups is 1.